The molecule has 0 aromatic carbocycles. The van der Waals surface area contributed by atoms with E-state index in [1.54, 1.807) is 6.07 Å². The smallest absolute Gasteiger partial charge is 0.0639 e. The lowest BCUT2D eigenvalue weighted by molar-refractivity contribution is 0.269. The second-order valence-corrected chi connectivity index (χ2v) is 3.28. The molecule has 1 aromatic rings. The molecule has 0 bridgehead atoms. The van der Waals surface area contributed by atoms with E-state index in [9.17, 15) is 0 Å². The van der Waals surface area contributed by atoms with E-state index < -0.39 is 0 Å². The van der Waals surface area contributed by atoms with Crippen molar-refractivity contribution < 1.29 is 5.11 Å². The van der Waals surface area contributed by atoms with Gasteiger partial charge in [0, 0.05) is 4.88 Å². The predicted molar refractivity (Wildman–Crippen MR) is 43.3 cm³/mol. The average molecular weight is 178 g/mol. The van der Waals surface area contributed by atoms with E-state index in [1.165, 1.54) is 11.3 Å². The Balaban J connectivity index is 2.82. The Morgan fingerprint density at radius 1 is 1.80 bits per heavy atom. The summed E-state index contributed by atoms with van der Waals surface area (Å²) in [5.41, 5.74) is 5.52. The van der Waals surface area contributed by atoms with Crippen molar-refractivity contribution in [3.8, 4) is 0 Å². The van der Waals surface area contributed by atoms with Crippen molar-refractivity contribution in [1.29, 1.82) is 0 Å². The van der Waals surface area contributed by atoms with Gasteiger partial charge in [-0.05, 0) is 11.4 Å². The molecule has 0 amide bonds. The SMILES string of the molecule is N[C@@H](CO)c1sccc1Cl. The normalized spacial score (nSPS) is 13.5. The number of halogens is 1. The van der Waals surface area contributed by atoms with Crippen molar-refractivity contribution in [2.24, 2.45) is 5.73 Å². The molecule has 0 saturated heterocycles. The quantitative estimate of drug-likeness (QED) is 0.718. The van der Waals surface area contributed by atoms with Crippen molar-refractivity contribution in [3.63, 3.8) is 0 Å². The van der Waals surface area contributed by atoms with Crippen LogP contribution in [0.3, 0.4) is 0 Å². The van der Waals surface area contributed by atoms with Crippen LogP contribution in [0.5, 0.6) is 0 Å². The summed E-state index contributed by atoms with van der Waals surface area (Å²) >= 11 is 7.20. The third-order valence-corrected chi connectivity index (χ3v) is 2.67. The molecule has 0 aliphatic heterocycles. The van der Waals surface area contributed by atoms with Gasteiger partial charge in [-0.1, -0.05) is 11.6 Å². The van der Waals surface area contributed by atoms with Crippen LogP contribution in [0.15, 0.2) is 11.4 Å². The van der Waals surface area contributed by atoms with Crippen LogP contribution in [0.2, 0.25) is 5.02 Å². The fourth-order valence-electron chi connectivity index (χ4n) is 0.653. The first-order chi connectivity index (χ1) is 4.75. The number of thiophene rings is 1. The van der Waals surface area contributed by atoms with Crippen molar-refractivity contribution in [2.75, 3.05) is 6.61 Å². The summed E-state index contributed by atoms with van der Waals surface area (Å²) in [6.07, 6.45) is 0. The predicted octanol–water partition coefficient (Wildman–Crippen LogP) is 1.39. The summed E-state index contributed by atoms with van der Waals surface area (Å²) in [5, 5.41) is 11.2. The van der Waals surface area contributed by atoms with E-state index >= 15 is 0 Å². The van der Waals surface area contributed by atoms with E-state index in [0.29, 0.717) is 5.02 Å². The first kappa shape index (κ1) is 8.01. The molecule has 0 aliphatic rings. The van der Waals surface area contributed by atoms with Gasteiger partial charge in [0.05, 0.1) is 17.7 Å². The Morgan fingerprint density at radius 2 is 2.50 bits per heavy atom. The van der Waals surface area contributed by atoms with Crippen LogP contribution in [0.1, 0.15) is 10.9 Å². The first-order valence-corrected chi connectivity index (χ1v) is 4.10. The van der Waals surface area contributed by atoms with E-state index in [2.05, 4.69) is 0 Å². The molecule has 0 aliphatic carbocycles. The van der Waals surface area contributed by atoms with Crippen LogP contribution in [0.25, 0.3) is 0 Å². The minimum absolute atomic E-state index is 0.0553. The highest BCUT2D eigenvalue weighted by atomic mass is 35.5. The zero-order valence-corrected chi connectivity index (χ0v) is 6.82. The lowest BCUT2D eigenvalue weighted by Gasteiger charge is -2.04. The summed E-state index contributed by atoms with van der Waals surface area (Å²) in [6.45, 7) is -0.0553. The summed E-state index contributed by atoms with van der Waals surface area (Å²) in [5.74, 6) is 0. The molecule has 3 N–H and O–H groups in total. The molecule has 1 atom stereocenters. The Hall–Kier alpha value is -0.0900. The Morgan fingerprint density at radius 3 is 2.90 bits per heavy atom. The molecule has 1 aromatic heterocycles. The molecule has 1 rings (SSSR count). The maximum absolute atomic E-state index is 8.65. The molecule has 4 heteroatoms. The van der Waals surface area contributed by atoms with Crippen LogP contribution < -0.4 is 5.73 Å². The van der Waals surface area contributed by atoms with E-state index in [-0.39, 0.29) is 12.6 Å². The van der Waals surface area contributed by atoms with Crippen LogP contribution >= 0.6 is 22.9 Å². The Labute approximate surface area is 68.2 Å². The van der Waals surface area contributed by atoms with Gasteiger partial charge in [0.1, 0.15) is 0 Å². The lowest BCUT2D eigenvalue weighted by atomic mass is 10.3. The highest BCUT2D eigenvalue weighted by molar-refractivity contribution is 7.10. The van der Waals surface area contributed by atoms with E-state index in [1.807, 2.05) is 5.38 Å². The fourth-order valence-corrected chi connectivity index (χ4v) is 1.85. The highest BCUT2D eigenvalue weighted by Gasteiger charge is 2.09. The van der Waals surface area contributed by atoms with Crippen LogP contribution in [0, 0.1) is 0 Å². The number of hydrogen-bond donors (Lipinski definition) is 2. The fraction of sp³-hybridized carbons (Fsp3) is 0.333. The first-order valence-electron chi connectivity index (χ1n) is 2.85. The van der Waals surface area contributed by atoms with Gasteiger partial charge >= 0.3 is 0 Å². The van der Waals surface area contributed by atoms with Gasteiger partial charge in [0.2, 0.25) is 0 Å². The van der Waals surface area contributed by atoms with Crippen molar-refractivity contribution in [2.45, 2.75) is 6.04 Å². The van der Waals surface area contributed by atoms with E-state index in [4.69, 9.17) is 22.4 Å². The third-order valence-electron chi connectivity index (χ3n) is 1.18. The largest absolute Gasteiger partial charge is 0.394 e. The average Bonchev–Trinajstić information content (AvgIpc) is 2.34. The van der Waals surface area contributed by atoms with Crippen LogP contribution in [-0.4, -0.2) is 11.7 Å². The maximum Gasteiger partial charge on any atom is 0.0639 e. The zero-order chi connectivity index (χ0) is 7.56. The number of aliphatic hydroxyl groups is 1. The van der Waals surface area contributed by atoms with Crippen LogP contribution in [0.4, 0.5) is 0 Å². The van der Waals surface area contributed by atoms with Crippen LogP contribution in [-0.2, 0) is 0 Å². The van der Waals surface area contributed by atoms with Gasteiger partial charge in [0.15, 0.2) is 0 Å². The molecule has 0 fully saturated rings. The molecular weight excluding hydrogens is 170 g/mol. The summed E-state index contributed by atoms with van der Waals surface area (Å²) in [4.78, 5) is 0.851. The van der Waals surface area contributed by atoms with Gasteiger partial charge in [-0.2, -0.15) is 0 Å². The number of nitrogens with two attached hydrogens (primary N) is 1. The molecule has 1 heterocycles. The topological polar surface area (TPSA) is 46.2 Å². The minimum atomic E-state index is -0.326. The molecule has 10 heavy (non-hydrogen) atoms. The van der Waals surface area contributed by atoms with Gasteiger partial charge in [0.25, 0.3) is 0 Å². The summed E-state index contributed by atoms with van der Waals surface area (Å²) in [7, 11) is 0. The number of hydrogen-bond acceptors (Lipinski definition) is 3. The maximum atomic E-state index is 8.65. The second kappa shape index (κ2) is 3.34. The molecule has 56 valence electrons. The van der Waals surface area contributed by atoms with Crippen molar-refractivity contribution in [1.82, 2.24) is 0 Å². The molecule has 0 unspecified atom stereocenters. The third kappa shape index (κ3) is 1.49. The standard InChI is InChI=1S/C6H8ClNOS/c7-4-1-2-10-6(4)5(8)3-9/h1-2,5,9H,3,8H2/t5-/m0/s1. The lowest BCUT2D eigenvalue weighted by Crippen LogP contribution is -2.12. The van der Waals surface area contributed by atoms with Crippen molar-refractivity contribution in [3.05, 3.63) is 21.3 Å². The zero-order valence-electron chi connectivity index (χ0n) is 5.25. The highest BCUT2D eigenvalue weighted by Crippen LogP contribution is 2.26. The summed E-state index contributed by atoms with van der Waals surface area (Å²) in [6, 6.07) is 1.45. The van der Waals surface area contributed by atoms with Crippen molar-refractivity contribution >= 4 is 22.9 Å². The molecule has 0 radical (unpaired) electrons. The Kier molecular flexibility index (Phi) is 2.68. The van der Waals surface area contributed by atoms with Gasteiger partial charge in [-0.15, -0.1) is 11.3 Å². The monoisotopic (exact) mass is 177 g/mol. The van der Waals surface area contributed by atoms with Gasteiger partial charge in [-0.25, -0.2) is 0 Å². The minimum Gasteiger partial charge on any atom is -0.394 e. The molecular formula is C6H8ClNOS. The van der Waals surface area contributed by atoms with Gasteiger partial charge in [-0.3, -0.25) is 0 Å². The van der Waals surface area contributed by atoms with E-state index in [0.717, 1.165) is 4.88 Å². The molecule has 0 spiro atoms. The summed E-state index contributed by atoms with van der Waals surface area (Å²) < 4.78 is 0. The van der Waals surface area contributed by atoms with Gasteiger partial charge < -0.3 is 10.8 Å². The molecule has 0 saturated carbocycles. The number of aliphatic hydroxyl groups excluding tert-OH is 1. The Bertz CT molecular complexity index is 213. The second-order valence-electron chi connectivity index (χ2n) is 1.92. The number of rotatable bonds is 2. The molecule has 2 nitrogen and oxygen atoms in total.